The second-order valence-electron chi connectivity index (χ2n) is 7.08. The number of carbonyl (C=O) groups excluding carboxylic acids is 2. The molecule has 6 heteroatoms. The lowest BCUT2D eigenvalue weighted by molar-refractivity contribution is -0.346. The van der Waals surface area contributed by atoms with Crippen LogP contribution in [0.15, 0.2) is 0 Å². The Morgan fingerprint density at radius 3 is 2.50 bits per heavy atom. The van der Waals surface area contributed by atoms with E-state index in [1.165, 1.54) is 13.8 Å². The van der Waals surface area contributed by atoms with E-state index in [4.69, 9.17) is 18.9 Å². The molecule has 0 N–H and O–H groups in total. The molecule has 6 atom stereocenters. The molecule has 0 aromatic carbocycles. The summed E-state index contributed by atoms with van der Waals surface area (Å²) in [4.78, 5) is 23.2. The lowest BCUT2D eigenvalue weighted by Crippen LogP contribution is -2.71. The van der Waals surface area contributed by atoms with E-state index in [2.05, 4.69) is 0 Å². The lowest BCUT2D eigenvalue weighted by Gasteiger charge is -2.62. The Morgan fingerprint density at radius 2 is 1.86 bits per heavy atom. The van der Waals surface area contributed by atoms with Crippen LogP contribution in [0.4, 0.5) is 0 Å². The average molecular weight is 310 g/mol. The smallest absolute Gasteiger partial charge is 0.304 e. The molecule has 3 heterocycles. The number of hydrogen-bond donors (Lipinski definition) is 0. The second kappa shape index (κ2) is 4.68. The number of esters is 2. The lowest BCUT2D eigenvalue weighted by atomic mass is 9.50. The highest BCUT2D eigenvalue weighted by atomic mass is 16.7. The minimum atomic E-state index is -0.672. The van der Waals surface area contributed by atoms with Gasteiger partial charge in [-0.25, -0.2) is 0 Å². The van der Waals surface area contributed by atoms with E-state index in [0.29, 0.717) is 12.5 Å². The molecule has 2 aliphatic carbocycles. The molecule has 2 spiro atoms. The minimum absolute atomic E-state index is 0.0646. The maximum atomic E-state index is 11.6. The van der Waals surface area contributed by atoms with Crippen LogP contribution in [0.2, 0.25) is 0 Å². The number of carbonyl (C=O) groups is 2. The maximum Gasteiger partial charge on any atom is 0.304 e. The highest BCUT2D eigenvalue weighted by molar-refractivity contribution is 5.67. The molecular formula is C16H22O6. The van der Waals surface area contributed by atoms with Crippen molar-refractivity contribution >= 4 is 11.9 Å². The fraction of sp³-hybridized carbons (Fsp3) is 0.875. The van der Waals surface area contributed by atoms with Crippen molar-refractivity contribution in [2.75, 3.05) is 6.61 Å². The molecular weight excluding hydrogens is 288 g/mol. The number of fused-ring (bicyclic) bond motifs is 1. The van der Waals surface area contributed by atoms with Crippen molar-refractivity contribution in [3.05, 3.63) is 0 Å². The molecule has 0 radical (unpaired) electrons. The number of rotatable bonds is 2. The third-order valence-corrected chi connectivity index (χ3v) is 5.90. The first-order valence-corrected chi connectivity index (χ1v) is 8.12. The SMILES string of the molecule is CC(=O)O[C@H]1O[C@@H]2C[C@@H]3CCC[C@H](OC(C)=O)[C@@]31[C@@]1(CO1)C2. The molecule has 3 saturated heterocycles. The van der Waals surface area contributed by atoms with Crippen LogP contribution < -0.4 is 0 Å². The summed E-state index contributed by atoms with van der Waals surface area (Å²) in [6.07, 6.45) is 3.65. The van der Waals surface area contributed by atoms with Crippen LogP contribution >= 0.6 is 0 Å². The van der Waals surface area contributed by atoms with Crippen molar-refractivity contribution < 1.29 is 28.5 Å². The van der Waals surface area contributed by atoms with Gasteiger partial charge in [0.15, 0.2) is 0 Å². The van der Waals surface area contributed by atoms with E-state index in [-0.39, 0.29) is 29.7 Å². The summed E-state index contributed by atoms with van der Waals surface area (Å²) in [5.74, 6) is -0.358. The van der Waals surface area contributed by atoms with Gasteiger partial charge in [-0.05, 0) is 31.6 Å². The molecule has 5 fully saturated rings. The van der Waals surface area contributed by atoms with Crippen molar-refractivity contribution in [1.82, 2.24) is 0 Å². The molecule has 2 bridgehead atoms. The fourth-order valence-corrected chi connectivity index (χ4v) is 5.25. The molecule has 0 unspecified atom stereocenters. The van der Waals surface area contributed by atoms with Crippen molar-refractivity contribution in [2.24, 2.45) is 11.3 Å². The van der Waals surface area contributed by atoms with Crippen LogP contribution in [0.3, 0.4) is 0 Å². The van der Waals surface area contributed by atoms with Crippen LogP contribution in [0, 0.1) is 11.3 Å². The molecule has 5 aliphatic rings. The van der Waals surface area contributed by atoms with Crippen molar-refractivity contribution in [3.63, 3.8) is 0 Å². The van der Waals surface area contributed by atoms with Gasteiger partial charge in [-0.15, -0.1) is 0 Å². The van der Waals surface area contributed by atoms with Gasteiger partial charge in [0.2, 0.25) is 6.29 Å². The average Bonchev–Trinajstić information content (AvgIpc) is 3.17. The van der Waals surface area contributed by atoms with Crippen LogP contribution in [-0.2, 0) is 28.5 Å². The van der Waals surface area contributed by atoms with Gasteiger partial charge >= 0.3 is 11.9 Å². The Labute approximate surface area is 129 Å². The maximum absolute atomic E-state index is 11.6. The van der Waals surface area contributed by atoms with Crippen molar-refractivity contribution in [2.45, 2.75) is 70.1 Å². The molecule has 2 saturated carbocycles. The molecule has 122 valence electrons. The molecule has 5 rings (SSSR count). The summed E-state index contributed by atoms with van der Waals surface area (Å²) >= 11 is 0. The Morgan fingerprint density at radius 1 is 1.14 bits per heavy atom. The van der Waals surface area contributed by atoms with Gasteiger partial charge in [-0.3, -0.25) is 9.59 Å². The van der Waals surface area contributed by atoms with Crippen LogP contribution in [-0.4, -0.2) is 42.6 Å². The van der Waals surface area contributed by atoms with Gasteiger partial charge in [0.25, 0.3) is 0 Å². The Bertz CT molecular complexity index is 493. The van der Waals surface area contributed by atoms with Crippen molar-refractivity contribution in [1.29, 1.82) is 0 Å². The zero-order chi connectivity index (χ0) is 15.5. The summed E-state index contributed by atoms with van der Waals surface area (Å²) in [6.45, 7) is 3.46. The third-order valence-electron chi connectivity index (χ3n) is 5.90. The standard InChI is InChI=1S/C16H22O6/c1-9(17)20-13-5-3-4-11-6-12-7-15(8-19-15)16(11,13)14(22-12)21-10(2)18/h11-14H,3-8H2,1-2H3/t11-,12+,13-,14-,15-,16-/m0/s1. The van der Waals surface area contributed by atoms with Gasteiger partial charge < -0.3 is 18.9 Å². The van der Waals surface area contributed by atoms with E-state index in [0.717, 1.165) is 32.1 Å². The van der Waals surface area contributed by atoms with Crippen molar-refractivity contribution in [3.8, 4) is 0 Å². The number of hydrogen-bond acceptors (Lipinski definition) is 6. The Balaban J connectivity index is 1.78. The highest BCUT2D eigenvalue weighted by Gasteiger charge is 2.79. The van der Waals surface area contributed by atoms with E-state index in [1.807, 2.05) is 0 Å². The molecule has 6 nitrogen and oxygen atoms in total. The Kier molecular flexibility index (Phi) is 3.07. The molecule has 0 aromatic heterocycles. The van der Waals surface area contributed by atoms with E-state index < -0.39 is 11.7 Å². The normalized spacial score (nSPS) is 48.6. The molecule has 3 aliphatic heterocycles. The molecule has 0 aromatic rings. The third kappa shape index (κ3) is 1.80. The topological polar surface area (TPSA) is 74.4 Å². The van der Waals surface area contributed by atoms with Crippen LogP contribution in [0.5, 0.6) is 0 Å². The van der Waals surface area contributed by atoms with Gasteiger partial charge in [-0.1, -0.05) is 0 Å². The minimum Gasteiger partial charge on any atom is -0.462 e. The summed E-state index contributed by atoms with van der Waals surface area (Å²) in [6, 6.07) is 0. The first-order chi connectivity index (χ1) is 10.5. The largest absolute Gasteiger partial charge is 0.462 e. The predicted octanol–water partition coefficient (Wildman–Crippen LogP) is 1.56. The summed E-state index contributed by atoms with van der Waals surface area (Å²) in [5.41, 5.74) is -0.892. The number of epoxide rings is 1. The van der Waals surface area contributed by atoms with Crippen LogP contribution in [0.25, 0.3) is 0 Å². The van der Waals surface area contributed by atoms with Gasteiger partial charge in [0, 0.05) is 20.3 Å². The first-order valence-electron chi connectivity index (χ1n) is 8.12. The first kappa shape index (κ1) is 14.5. The van der Waals surface area contributed by atoms with Gasteiger partial charge in [0.1, 0.15) is 17.1 Å². The fourth-order valence-electron chi connectivity index (χ4n) is 5.25. The monoisotopic (exact) mass is 310 g/mol. The summed E-state index contributed by atoms with van der Waals surface area (Å²) < 4.78 is 23.1. The Hall–Kier alpha value is -1.14. The zero-order valence-electron chi connectivity index (χ0n) is 13.0. The quantitative estimate of drug-likeness (QED) is 0.569. The van der Waals surface area contributed by atoms with Gasteiger partial charge in [0.05, 0.1) is 12.7 Å². The molecule has 22 heavy (non-hydrogen) atoms. The second-order valence-corrected chi connectivity index (χ2v) is 7.08. The van der Waals surface area contributed by atoms with E-state index in [9.17, 15) is 9.59 Å². The predicted molar refractivity (Wildman–Crippen MR) is 73.7 cm³/mol. The van der Waals surface area contributed by atoms with Crippen LogP contribution in [0.1, 0.15) is 46.0 Å². The van der Waals surface area contributed by atoms with Gasteiger partial charge in [-0.2, -0.15) is 0 Å². The van der Waals surface area contributed by atoms with E-state index >= 15 is 0 Å². The number of ether oxygens (including phenoxy) is 4. The molecule has 0 amide bonds. The summed E-state index contributed by atoms with van der Waals surface area (Å²) in [7, 11) is 0. The highest BCUT2D eigenvalue weighted by Crippen LogP contribution is 2.68. The zero-order valence-corrected chi connectivity index (χ0v) is 13.0. The summed E-state index contributed by atoms with van der Waals surface area (Å²) in [5, 5.41) is 0. The van der Waals surface area contributed by atoms with E-state index in [1.54, 1.807) is 0 Å².